The highest BCUT2D eigenvalue weighted by Crippen LogP contribution is 2.13. The lowest BCUT2D eigenvalue weighted by atomic mass is 10.1. The molecule has 0 aromatic rings. The maximum Gasteiger partial charge on any atom is 0.353 e. The third-order valence-corrected chi connectivity index (χ3v) is 0.643. The van der Waals surface area contributed by atoms with Gasteiger partial charge in [0.25, 0.3) is 0 Å². The summed E-state index contributed by atoms with van der Waals surface area (Å²) in [5.41, 5.74) is 0. The van der Waals surface area contributed by atoms with Crippen LogP contribution in [0.3, 0.4) is 0 Å². The van der Waals surface area contributed by atoms with Gasteiger partial charge < -0.3 is 0 Å². The molecule has 0 N–H and O–H groups in total. The van der Waals surface area contributed by atoms with Crippen molar-refractivity contribution >= 4 is 21.9 Å². The maximum atomic E-state index is 10.7. The summed E-state index contributed by atoms with van der Waals surface area (Å²) in [6.45, 7) is 0. The number of hydrogen-bond donors (Lipinski definition) is 0. The summed E-state index contributed by atoms with van der Waals surface area (Å²) >= 11 is 2.12. The zero-order chi connectivity index (χ0) is 5.21. The molecule has 0 atom stereocenters. The van der Waals surface area contributed by atoms with Crippen molar-refractivity contribution in [2.45, 2.75) is 6.08 Å². The molecule has 0 fully saturated rings. The second-order valence-corrected chi connectivity index (χ2v) is 1.11. The van der Waals surface area contributed by atoms with Crippen molar-refractivity contribution in [2.75, 3.05) is 0 Å². The average Bonchev–Trinajstić information content (AvgIpc) is 1.35. The van der Waals surface area contributed by atoms with Crippen molar-refractivity contribution < 1.29 is 13.2 Å². The van der Waals surface area contributed by atoms with Crippen LogP contribution in [-0.2, 0) is 0 Å². The lowest BCUT2D eigenvalue weighted by Crippen LogP contribution is -2.11. The Morgan fingerprint density at radius 1 is 1.33 bits per heavy atom. The van der Waals surface area contributed by atoms with Crippen molar-refractivity contribution in [1.29, 1.82) is 0 Å². The second-order valence-electron chi connectivity index (χ2n) is 0.651. The van der Waals surface area contributed by atoms with E-state index in [4.69, 9.17) is 0 Å². The van der Waals surface area contributed by atoms with Crippen LogP contribution in [-0.4, -0.2) is 12.2 Å². The molecule has 0 amide bonds. The Morgan fingerprint density at radius 2 is 1.50 bits per heavy atom. The Morgan fingerprint density at radius 3 is 1.50 bits per heavy atom. The van der Waals surface area contributed by atoms with E-state index in [1.807, 2.05) is 0 Å². The lowest BCUT2D eigenvalue weighted by molar-refractivity contribution is -0.0439. The van der Waals surface area contributed by atoms with Crippen LogP contribution in [0.25, 0.3) is 0 Å². The van der Waals surface area contributed by atoms with E-state index in [1.165, 1.54) is 0 Å². The van der Waals surface area contributed by atoms with Gasteiger partial charge in [0.15, 0.2) is 0 Å². The molecule has 0 rings (SSSR count). The molecular weight excluding hydrogens is 160 g/mol. The van der Waals surface area contributed by atoms with Crippen LogP contribution < -0.4 is 0 Å². The Hall–Kier alpha value is 0.335. The van der Waals surface area contributed by atoms with Gasteiger partial charge in [0.2, 0.25) is 0 Å². The zero-order valence-corrected chi connectivity index (χ0v) is 4.18. The van der Waals surface area contributed by atoms with Crippen LogP contribution >= 0.6 is 15.8 Å². The fourth-order valence-electron chi connectivity index (χ4n) is 0. The topological polar surface area (TPSA) is 0 Å². The van der Waals surface area contributed by atoms with Crippen molar-refractivity contribution in [1.82, 2.24) is 0 Å². The summed E-state index contributed by atoms with van der Waals surface area (Å²) in [6.07, 6.45) is -4.17. The van der Waals surface area contributed by atoms with E-state index in [0.29, 0.717) is 0 Å². The second kappa shape index (κ2) is 1.86. The Kier molecular flexibility index (Phi) is 1.97. The summed E-state index contributed by atoms with van der Waals surface area (Å²) in [6, 6.07) is 0. The summed E-state index contributed by atoms with van der Waals surface area (Å²) in [7, 11) is 0. The van der Waals surface area contributed by atoms with Gasteiger partial charge in [-0.3, -0.25) is 0 Å². The lowest BCUT2D eigenvalue weighted by Gasteiger charge is -1.94. The largest absolute Gasteiger partial charge is 0.353 e. The van der Waals surface area contributed by atoms with E-state index >= 15 is 0 Å². The van der Waals surface area contributed by atoms with E-state index in [1.54, 1.807) is 0 Å². The van der Waals surface area contributed by atoms with Crippen molar-refractivity contribution in [2.24, 2.45) is 0 Å². The van der Waals surface area contributed by atoms with Crippen LogP contribution in [0.4, 0.5) is 13.2 Å². The summed E-state index contributed by atoms with van der Waals surface area (Å²) < 4.78 is 32.0. The van der Waals surface area contributed by atoms with E-state index in [9.17, 15) is 13.2 Å². The van der Waals surface area contributed by atoms with Crippen LogP contribution in [0.1, 0.15) is 0 Å². The predicted molar refractivity (Wildman–Crippen MR) is 20.7 cm³/mol. The van der Waals surface area contributed by atoms with Gasteiger partial charge >= 0.3 is 12.2 Å². The first-order valence-electron chi connectivity index (χ1n) is 1.07. The molecule has 0 heterocycles. The highest BCUT2D eigenvalue weighted by atomic mass is 79.9. The molecule has 1 radical (unpaired) electrons. The minimum atomic E-state index is -4.17. The maximum absolute atomic E-state index is 10.7. The molecule has 0 bridgehead atoms. The molecule has 0 aromatic carbocycles. The Bertz CT molecular complexity index is 40.5. The monoisotopic (exact) mass is 159 g/mol. The molecule has 0 aliphatic carbocycles. The summed E-state index contributed by atoms with van der Waals surface area (Å²) in [5, 5.41) is 0. The number of alkyl halides is 3. The fraction of sp³-hybridized carbons (Fsp3) is 1.00. The minimum absolute atomic E-state index is 0. The SMILES string of the molecule is FC(F)(F)[B]Br. The zero-order valence-electron chi connectivity index (χ0n) is 2.59. The quantitative estimate of drug-likeness (QED) is 0.471. The highest BCUT2D eigenvalue weighted by molar-refractivity contribution is 9.23. The first-order chi connectivity index (χ1) is 2.56. The molecule has 5 heteroatoms. The smallest absolute Gasteiger partial charge is 0.181 e. The van der Waals surface area contributed by atoms with E-state index in [0.717, 1.165) is 0 Å². The van der Waals surface area contributed by atoms with Gasteiger partial charge in [0, 0.05) is 0 Å². The molecule has 0 spiro atoms. The van der Waals surface area contributed by atoms with Gasteiger partial charge in [0.05, 0.1) is 0 Å². The molecule has 6 heavy (non-hydrogen) atoms. The molecule has 0 aromatic heterocycles. The third-order valence-electron chi connectivity index (χ3n) is 0.124. The molecule has 0 saturated carbocycles. The Labute approximate surface area is 41.9 Å². The molecule has 0 saturated heterocycles. The fourth-order valence-corrected chi connectivity index (χ4v) is 0. The third kappa shape index (κ3) is 4.33. The van der Waals surface area contributed by atoms with Gasteiger partial charge in [-0.25, -0.2) is 0 Å². The first-order valence-corrected chi connectivity index (χ1v) is 1.99. The van der Waals surface area contributed by atoms with Crippen LogP contribution in [0.15, 0.2) is 0 Å². The van der Waals surface area contributed by atoms with Gasteiger partial charge in [-0.05, 0) is 0 Å². The molecule has 0 nitrogen and oxygen atoms in total. The normalized spacial score (nSPS) is 11.3. The van der Waals surface area contributed by atoms with Gasteiger partial charge in [0.1, 0.15) is 0 Å². The number of halogens is 4. The van der Waals surface area contributed by atoms with Crippen molar-refractivity contribution in [3.63, 3.8) is 0 Å². The van der Waals surface area contributed by atoms with Crippen LogP contribution in [0.5, 0.6) is 0 Å². The molecule has 35 valence electrons. The van der Waals surface area contributed by atoms with Crippen LogP contribution in [0.2, 0.25) is 0 Å². The van der Waals surface area contributed by atoms with Crippen molar-refractivity contribution in [3.8, 4) is 0 Å². The average molecular weight is 160 g/mol. The summed E-state index contributed by atoms with van der Waals surface area (Å²) in [5.74, 6) is 0. The minimum Gasteiger partial charge on any atom is -0.181 e. The summed E-state index contributed by atoms with van der Waals surface area (Å²) in [4.78, 5) is 0. The highest BCUT2D eigenvalue weighted by Gasteiger charge is 2.26. The molecule has 0 aliphatic heterocycles. The van der Waals surface area contributed by atoms with E-state index in [2.05, 4.69) is 15.8 Å². The van der Waals surface area contributed by atoms with Crippen molar-refractivity contribution in [3.05, 3.63) is 0 Å². The molecule has 0 unspecified atom stereocenters. The van der Waals surface area contributed by atoms with E-state index < -0.39 is 6.08 Å². The van der Waals surface area contributed by atoms with Gasteiger partial charge in [-0.1, -0.05) is 0 Å². The standard InChI is InChI=1S/CBBrF3/c3-2-1(4,5)6. The first kappa shape index (κ1) is 6.33. The number of hydrogen-bond acceptors (Lipinski definition) is 0. The molecular formula is CBBrF3. The Balaban J connectivity index is 3.17. The predicted octanol–water partition coefficient (Wildman–Crippen LogP) is 1.52. The van der Waals surface area contributed by atoms with Gasteiger partial charge in [-0.15, -0.1) is 0 Å². The number of rotatable bonds is 0. The molecule has 0 aliphatic rings. The van der Waals surface area contributed by atoms with Crippen LogP contribution in [0, 0.1) is 0 Å². The van der Waals surface area contributed by atoms with Gasteiger partial charge in [-0.2, -0.15) is 28.9 Å². The van der Waals surface area contributed by atoms with E-state index in [-0.39, 0.29) is 6.10 Å².